The second kappa shape index (κ2) is 8.81. The van der Waals surface area contributed by atoms with Crippen molar-refractivity contribution in [1.82, 2.24) is 4.90 Å². The van der Waals surface area contributed by atoms with Crippen LogP contribution in [0.3, 0.4) is 0 Å². The molecule has 0 aliphatic rings. The van der Waals surface area contributed by atoms with Gasteiger partial charge in [-0.25, -0.2) is 0 Å². The summed E-state index contributed by atoms with van der Waals surface area (Å²) < 4.78 is 0.964. The molecule has 3 aromatic rings. The van der Waals surface area contributed by atoms with Crippen LogP contribution in [0.1, 0.15) is 27.0 Å². The number of nitrogens with zero attached hydrogens (tertiary/aromatic N) is 1. The lowest BCUT2D eigenvalue weighted by Gasteiger charge is -2.24. The molecule has 1 amide bonds. The van der Waals surface area contributed by atoms with E-state index in [9.17, 15) is 4.79 Å². The van der Waals surface area contributed by atoms with E-state index in [4.69, 9.17) is 0 Å². The molecule has 2 nitrogen and oxygen atoms in total. The molecule has 0 saturated heterocycles. The highest BCUT2D eigenvalue weighted by Gasteiger charge is 2.19. The number of benzene rings is 3. The van der Waals surface area contributed by atoms with Gasteiger partial charge in [0.1, 0.15) is 0 Å². The van der Waals surface area contributed by atoms with Gasteiger partial charge in [0, 0.05) is 23.1 Å². The summed E-state index contributed by atoms with van der Waals surface area (Å²) in [5.41, 5.74) is 4.12. The average molecular weight is 408 g/mol. The van der Waals surface area contributed by atoms with Gasteiger partial charge in [0.2, 0.25) is 0 Å². The molecule has 0 aliphatic carbocycles. The first-order valence-electron chi connectivity index (χ1n) is 8.77. The monoisotopic (exact) mass is 407 g/mol. The summed E-state index contributed by atoms with van der Waals surface area (Å²) in [6, 6.07) is 26.3. The molecular weight excluding hydrogens is 386 g/mol. The molecule has 132 valence electrons. The van der Waals surface area contributed by atoms with Crippen LogP contribution in [-0.4, -0.2) is 17.4 Å². The second-order valence-electron chi connectivity index (χ2n) is 6.36. The maximum atomic E-state index is 13.2. The van der Waals surface area contributed by atoms with Crippen LogP contribution in [0.2, 0.25) is 0 Å². The lowest BCUT2D eigenvalue weighted by molar-refractivity contribution is 0.0744. The van der Waals surface area contributed by atoms with Gasteiger partial charge in [-0.05, 0) is 42.2 Å². The molecule has 0 fully saturated rings. The minimum atomic E-state index is 0.0728. The summed E-state index contributed by atoms with van der Waals surface area (Å²) in [5.74, 6) is 0.0728. The van der Waals surface area contributed by atoms with Crippen molar-refractivity contribution in [2.45, 2.75) is 19.9 Å². The summed E-state index contributed by atoms with van der Waals surface area (Å²) in [6.45, 7) is 3.28. The maximum absolute atomic E-state index is 13.2. The molecule has 0 N–H and O–H groups in total. The van der Waals surface area contributed by atoms with Crippen LogP contribution >= 0.6 is 15.9 Å². The zero-order valence-corrected chi connectivity index (χ0v) is 16.4. The SMILES string of the molecule is Cc1c(Br)cccc1C(=O)N(CCc1ccccc1)Cc1ccccc1. The van der Waals surface area contributed by atoms with Gasteiger partial charge in [-0.3, -0.25) is 4.79 Å². The predicted octanol–water partition coefficient (Wildman–Crippen LogP) is 5.64. The molecule has 0 saturated carbocycles. The van der Waals surface area contributed by atoms with E-state index in [1.54, 1.807) is 0 Å². The van der Waals surface area contributed by atoms with Crippen LogP contribution in [0, 0.1) is 6.92 Å². The molecule has 3 aromatic carbocycles. The topological polar surface area (TPSA) is 20.3 Å². The molecule has 0 radical (unpaired) electrons. The molecule has 0 atom stereocenters. The van der Waals surface area contributed by atoms with Crippen molar-refractivity contribution >= 4 is 21.8 Å². The summed E-state index contributed by atoms with van der Waals surface area (Å²) in [5, 5.41) is 0. The number of hydrogen-bond acceptors (Lipinski definition) is 1. The standard InChI is InChI=1S/C23H22BrNO/c1-18-21(13-8-14-22(18)24)23(26)25(17-20-11-6-3-7-12-20)16-15-19-9-4-2-5-10-19/h2-14H,15-17H2,1H3. The number of carbonyl (C=O) groups is 1. The van der Waals surface area contributed by atoms with E-state index in [1.165, 1.54) is 5.56 Å². The molecule has 0 spiro atoms. The quantitative estimate of drug-likeness (QED) is 0.517. The predicted molar refractivity (Wildman–Crippen MR) is 110 cm³/mol. The van der Waals surface area contributed by atoms with E-state index in [1.807, 2.05) is 66.4 Å². The zero-order valence-electron chi connectivity index (χ0n) is 14.9. The molecule has 0 unspecified atom stereocenters. The van der Waals surface area contributed by atoms with E-state index in [0.29, 0.717) is 13.1 Å². The van der Waals surface area contributed by atoms with Gasteiger partial charge in [-0.1, -0.05) is 82.7 Å². The maximum Gasteiger partial charge on any atom is 0.254 e. The Bertz CT molecular complexity index is 862. The number of hydrogen-bond donors (Lipinski definition) is 0. The third-order valence-corrected chi connectivity index (χ3v) is 5.37. The van der Waals surface area contributed by atoms with Crippen LogP contribution in [0.4, 0.5) is 0 Å². The van der Waals surface area contributed by atoms with E-state index in [2.05, 4.69) is 40.2 Å². The Hall–Kier alpha value is -2.39. The van der Waals surface area contributed by atoms with Gasteiger partial charge in [0.15, 0.2) is 0 Å². The van der Waals surface area contributed by atoms with Gasteiger partial charge in [0.05, 0.1) is 0 Å². The van der Waals surface area contributed by atoms with Gasteiger partial charge in [0.25, 0.3) is 5.91 Å². The number of amides is 1. The molecule has 26 heavy (non-hydrogen) atoms. The Morgan fingerprint density at radius 2 is 1.46 bits per heavy atom. The lowest BCUT2D eigenvalue weighted by atomic mass is 10.1. The first kappa shape index (κ1) is 18.4. The smallest absolute Gasteiger partial charge is 0.254 e. The van der Waals surface area contributed by atoms with Crippen molar-refractivity contribution < 1.29 is 4.79 Å². The molecule has 0 aromatic heterocycles. The molecular formula is C23H22BrNO. The fourth-order valence-corrected chi connectivity index (χ4v) is 3.34. The minimum Gasteiger partial charge on any atom is -0.334 e. The molecule has 0 bridgehead atoms. The third-order valence-electron chi connectivity index (χ3n) is 4.51. The zero-order chi connectivity index (χ0) is 18.4. The third kappa shape index (κ3) is 4.61. The highest BCUT2D eigenvalue weighted by atomic mass is 79.9. The van der Waals surface area contributed by atoms with E-state index < -0.39 is 0 Å². The summed E-state index contributed by atoms with van der Waals surface area (Å²) in [4.78, 5) is 15.2. The number of rotatable bonds is 6. The van der Waals surface area contributed by atoms with E-state index in [-0.39, 0.29) is 5.91 Å². The van der Waals surface area contributed by atoms with Crippen molar-refractivity contribution in [3.63, 3.8) is 0 Å². The number of carbonyl (C=O) groups excluding carboxylic acids is 1. The first-order chi connectivity index (χ1) is 12.6. The Kier molecular flexibility index (Phi) is 6.24. The van der Waals surface area contributed by atoms with Crippen LogP contribution in [0.15, 0.2) is 83.3 Å². The molecule has 3 rings (SSSR count). The largest absolute Gasteiger partial charge is 0.334 e. The normalized spacial score (nSPS) is 10.5. The Labute approximate surface area is 163 Å². The van der Waals surface area contributed by atoms with Crippen molar-refractivity contribution in [2.24, 2.45) is 0 Å². The van der Waals surface area contributed by atoms with Crippen molar-refractivity contribution in [3.05, 3.63) is 106 Å². The first-order valence-corrected chi connectivity index (χ1v) is 9.56. The molecule has 0 aliphatic heterocycles. The van der Waals surface area contributed by atoms with Crippen molar-refractivity contribution in [3.8, 4) is 0 Å². The Morgan fingerprint density at radius 1 is 0.846 bits per heavy atom. The van der Waals surface area contributed by atoms with E-state index >= 15 is 0 Å². The minimum absolute atomic E-state index is 0.0728. The summed E-state index contributed by atoms with van der Waals surface area (Å²) >= 11 is 3.54. The van der Waals surface area contributed by atoms with Crippen LogP contribution in [0.5, 0.6) is 0 Å². The van der Waals surface area contributed by atoms with Gasteiger partial charge in [-0.15, -0.1) is 0 Å². The summed E-state index contributed by atoms with van der Waals surface area (Å²) in [7, 11) is 0. The summed E-state index contributed by atoms with van der Waals surface area (Å²) in [6.07, 6.45) is 0.840. The van der Waals surface area contributed by atoms with Crippen LogP contribution in [0.25, 0.3) is 0 Å². The number of halogens is 1. The molecule has 0 heterocycles. The van der Waals surface area contributed by atoms with Crippen molar-refractivity contribution in [2.75, 3.05) is 6.54 Å². The van der Waals surface area contributed by atoms with Crippen molar-refractivity contribution in [1.29, 1.82) is 0 Å². The fraction of sp³-hybridized carbons (Fsp3) is 0.174. The Balaban J connectivity index is 1.84. The van der Waals surface area contributed by atoms with Crippen LogP contribution in [-0.2, 0) is 13.0 Å². The highest BCUT2D eigenvalue weighted by molar-refractivity contribution is 9.10. The molecule has 3 heteroatoms. The second-order valence-corrected chi connectivity index (χ2v) is 7.21. The Morgan fingerprint density at radius 3 is 2.12 bits per heavy atom. The average Bonchev–Trinajstić information content (AvgIpc) is 2.68. The van der Waals surface area contributed by atoms with Crippen LogP contribution < -0.4 is 0 Å². The van der Waals surface area contributed by atoms with Gasteiger partial charge < -0.3 is 4.90 Å². The van der Waals surface area contributed by atoms with Gasteiger partial charge in [-0.2, -0.15) is 0 Å². The highest BCUT2D eigenvalue weighted by Crippen LogP contribution is 2.22. The lowest BCUT2D eigenvalue weighted by Crippen LogP contribution is -2.33. The fourth-order valence-electron chi connectivity index (χ4n) is 2.97. The van der Waals surface area contributed by atoms with E-state index in [0.717, 1.165) is 27.6 Å². The van der Waals surface area contributed by atoms with Gasteiger partial charge >= 0.3 is 0 Å².